The topological polar surface area (TPSA) is 110 Å². The summed E-state index contributed by atoms with van der Waals surface area (Å²) in [5, 5.41) is 3.16. The van der Waals surface area contributed by atoms with Crippen LogP contribution in [0.2, 0.25) is 5.02 Å². The van der Waals surface area contributed by atoms with Crippen LogP contribution in [0.1, 0.15) is 41.8 Å². The molecule has 0 radical (unpaired) electrons. The van der Waals surface area contributed by atoms with E-state index in [1.807, 2.05) is 34.4 Å². The van der Waals surface area contributed by atoms with Crippen LogP contribution < -0.4 is 4.72 Å². The molecule has 3 aliphatic heterocycles. The van der Waals surface area contributed by atoms with Crippen LogP contribution in [0, 0.1) is 0 Å². The Balaban J connectivity index is 1.03. The number of likely N-dealkylation sites (tertiary alicyclic amines) is 3. The second-order valence-electron chi connectivity index (χ2n) is 11.8. The first-order valence-corrected chi connectivity index (χ1v) is 18.5. The highest BCUT2D eigenvalue weighted by molar-refractivity contribution is 7.91. The number of sulfonamides is 1. The van der Waals surface area contributed by atoms with Crippen LogP contribution in [-0.4, -0.2) is 110 Å². The van der Waals surface area contributed by atoms with Crippen molar-refractivity contribution in [2.75, 3.05) is 46.3 Å². The predicted octanol–water partition coefficient (Wildman–Crippen LogP) is 3.72. The molecule has 0 aliphatic carbocycles. The third kappa shape index (κ3) is 6.68. The molecule has 3 aliphatic rings. The molecule has 0 spiro atoms. The van der Waals surface area contributed by atoms with Crippen LogP contribution in [0.25, 0.3) is 10.1 Å². The number of rotatable bonds is 9. The van der Waals surface area contributed by atoms with Gasteiger partial charge in [0, 0.05) is 61.6 Å². The SMILES string of the molecule is CN(C(=O)c1cccs1)C1CCN(CC2CCCN2C(=O)CN2CCCC(NS(=O)(=O)c3cc4cc(Cl)ccc4s3)C2=O)C1. The Hall–Kier alpha value is -2.55. The van der Waals surface area contributed by atoms with Crippen LogP contribution in [0.5, 0.6) is 0 Å². The van der Waals surface area contributed by atoms with Gasteiger partial charge in [-0.2, -0.15) is 4.72 Å². The smallest absolute Gasteiger partial charge is 0.263 e. The number of carbonyl (C=O) groups is 3. The molecule has 3 aromatic rings. The summed E-state index contributed by atoms with van der Waals surface area (Å²) in [5.41, 5.74) is 0. The monoisotopic (exact) mass is 677 g/mol. The van der Waals surface area contributed by atoms with Crippen molar-refractivity contribution >= 4 is 72.1 Å². The van der Waals surface area contributed by atoms with Crippen LogP contribution in [0.4, 0.5) is 0 Å². The Morgan fingerprint density at radius 2 is 1.91 bits per heavy atom. The number of hydrogen-bond acceptors (Lipinski definition) is 8. The maximum absolute atomic E-state index is 13.5. The highest BCUT2D eigenvalue weighted by Crippen LogP contribution is 2.31. The standard InChI is InChI=1S/C30H36ClN5O5S3/c1-33(30(39)26-7-4-14-42-26)22-10-13-34(17-22)18-23-5-2-12-36(23)27(37)19-35-11-3-6-24(29(35)38)32-44(40,41)28-16-20-15-21(31)8-9-25(20)43-28/h4,7-9,14-16,22-24,32H,2-3,5-6,10-13,17-19H2,1H3. The van der Waals surface area contributed by atoms with Gasteiger partial charge in [0.2, 0.25) is 11.8 Å². The van der Waals surface area contributed by atoms with Crippen molar-refractivity contribution in [1.82, 2.24) is 24.3 Å². The van der Waals surface area contributed by atoms with E-state index in [1.165, 1.54) is 16.2 Å². The number of benzene rings is 1. The summed E-state index contributed by atoms with van der Waals surface area (Å²) in [7, 11) is -2.07. The first-order chi connectivity index (χ1) is 21.1. The average molecular weight is 678 g/mol. The Kier molecular flexibility index (Phi) is 9.32. The number of carbonyl (C=O) groups excluding carboxylic acids is 3. The van der Waals surface area contributed by atoms with Gasteiger partial charge in [-0.3, -0.25) is 19.3 Å². The second kappa shape index (κ2) is 13.1. The number of fused-ring (bicyclic) bond motifs is 1. The Labute approximate surface area is 270 Å². The predicted molar refractivity (Wildman–Crippen MR) is 173 cm³/mol. The molecule has 3 amide bonds. The van der Waals surface area contributed by atoms with E-state index >= 15 is 0 Å². The van der Waals surface area contributed by atoms with Crippen molar-refractivity contribution in [3.63, 3.8) is 0 Å². The van der Waals surface area contributed by atoms with Gasteiger partial charge in [-0.15, -0.1) is 22.7 Å². The quantitative estimate of drug-likeness (QED) is 0.370. The molecule has 3 fully saturated rings. The Morgan fingerprint density at radius 1 is 1.09 bits per heavy atom. The minimum absolute atomic E-state index is 0.0463. The van der Waals surface area contributed by atoms with E-state index in [9.17, 15) is 22.8 Å². The zero-order chi connectivity index (χ0) is 31.0. The van der Waals surface area contributed by atoms with Crippen LogP contribution >= 0.6 is 34.3 Å². The number of likely N-dealkylation sites (N-methyl/N-ethyl adjacent to an activating group) is 1. The van der Waals surface area contributed by atoms with Gasteiger partial charge in [-0.25, -0.2) is 8.42 Å². The summed E-state index contributed by atoms with van der Waals surface area (Å²) in [6.45, 7) is 3.37. The molecule has 3 atom stereocenters. The van der Waals surface area contributed by atoms with Crippen LogP contribution in [-0.2, 0) is 19.6 Å². The summed E-state index contributed by atoms with van der Waals surface area (Å²) in [5.74, 6) is -0.426. The number of halogens is 1. The summed E-state index contributed by atoms with van der Waals surface area (Å²) in [4.78, 5) is 48.0. The van der Waals surface area contributed by atoms with Gasteiger partial charge in [0.15, 0.2) is 0 Å². The maximum Gasteiger partial charge on any atom is 0.263 e. The van der Waals surface area contributed by atoms with E-state index in [0.717, 1.165) is 65.2 Å². The Morgan fingerprint density at radius 3 is 2.70 bits per heavy atom. The van der Waals surface area contributed by atoms with Gasteiger partial charge >= 0.3 is 0 Å². The van der Waals surface area contributed by atoms with E-state index < -0.39 is 16.1 Å². The summed E-state index contributed by atoms with van der Waals surface area (Å²) in [6.07, 6.45) is 3.67. The normalized spacial score (nSPS) is 23.1. The summed E-state index contributed by atoms with van der Waals surface area (Å²) in [6, 6.07) is 9.78. The van der Waals surface area contributed by atoms with Gasteiger partial charge in [0.05, 0.1) is 11.4 Å². The van der Waals surface area contributed by atoms with E-state index in [-0.39, 0.29) is 40.6 Å². The lowest BCUT2D eigenvalue weighted by Crippen LogP contribution is -2.55. The average Bonchev–Trinajstić information content (AvgIpc) is 3.81. The van der Waals surface area contributed by atoms with Crippen molar-refractivity contribution in [1.29, 1.82) is 0 Å². The molecule has 0 bridgehead atoms. The lowest BCUT2D eigenvalue weighted by Gasteiger charge is -2.35. The van der Waals surface area contributed by atoms with Crippen molar-refractivity contribution in [3.8, 4) is 0 Å². The molecule has 3 unspecified atom stereocenters. The lowest BCUT2D eigenvalue weighted by molar-refractivity contribution is -0.143. The number of hydrogen-bond donors (Lipinski definition) is 1. The van der Waals surface area contributed by atoms with Gasteiger partial charge < -0.3 is 14.7 Å². The number of nitrogens with one attached hydrogen (secondary N) is 1. The second-order valence-corrected chi connectivity index (χ2v) is 16.2. The molecule has 44 heavy (non-hydrogen) atoms. The molecule has 14 heteroatoms. The van der Waals surface area contributed by atoms with Crippen molar-refractivity contribution in [3.05, 3.63) is 51.7 Å². The van der Waals surface area contributed by atoms with Crippen molar-refractivity contribution < 1.29 is 22.8 Å². The summed E-state index contributed by atoms with van der Waals surface area (Å²) < 4.78 is 29.9. The minimum atomic E-state index is -3.93. The molecule has 2 aromatic heterocycles. The van der Waals surface area contributed by atoms with Crippen LogP contribution in [0.3, 0.4) is 0 Å². The first kappa shape index (κ1) is 31.4. The zero-order valence-electron chi connectivity index (χ0n) is 24.5. The fraction of sp³-hybridized carbons (Fsp3) is 0.500. The first-order valence-electron chi connectivity index (χ1n) is 14.9. The van der Waals surface area contributed by atoms with E-state index in [4.69, 9.17) is 11.6 Å². The molecule has 0 saturated carbocycles. The highest BCUT2D eigenvalue weighted by atomic mass is 35.5. The molecular formula is C30H36ClN5O5S3. The Bertz CT molecular complexity index is 1650. The van der Waals surface area contributed by atoms with Gasteiger partial charge in [-0.05, 0) is 73.2 Å². The third-order valence-corrected chi connectivity index (χ3v) is 13.0. The molecular weight excluding hydrogens is 642 g/mol. The summed E-state index contributed by atoms with van der Waals surface area (Å²) >= 11 is 8.64. The van der Waals surface area contributed by atoms with E-state index in [2.05, 4.69) is 9.62 Å². The number of thiophene rings is 2. The van der Waals surface area contributed by atoms with Gasteiger partial charge in [-0.1, -0.05) is 17.7 Å². The molecule has 236 valence electrons. The minimum Gasteiger partial charge on any atom is -0.337 e. The zero-order valence-corrected chi connectivity index (χ0v) is 27.7. The van der Waals surface area contributed by atoms with Crippen molar-refractivity contribution in [2.24, 2.45) is 0 Å². The molecule has 1 aromatic carbocycles. The highest BCUT2D eigenvalue weighted by Gasteiger charge is 2.38. The maximum atomic E-state index is 13.5. The molecule has 10 nitrogen and oxygen atoms in total. The van der Waals surface area contributed by atoms with E-state index in [0.29, 0.717) is 31.0 Å². The largest absolute Gasteiger partial charge is 0.337 e. The lowest BCUT2D eigenvalue weighted by atomic mass is 10.1. The molecule has 3 saturated heterocycles. The number of nitrogens with zero attached hydrogens (tertiary/aromatic N) is 4. The molecule has 6 rings (SSSR count). The fourth-order valence-electron chi connectivity index (χ4n) is 6.51. The fourth-order valence-corrected chi connectivity index (χ4v) is 10.0. The number of amides is 3. The number of piperidine rings is 1. The van der Waals surface area contributed by atoms with Crippen molar-refractivity contribution in [2.45, 2.75) is 54.4 Å². The van der Waals surface area contributed by atoms with Gasteiger partial charge in [0.1, 0.15) is 10.3 Å². The van der Waals surface area contributed by atoms with Crippen LogP contribution in [0.15, 0.2) is 46.0 Å². The molecule has 1 N–H and O–H groups in total. The van der Waals surface area contributed by atoms with E-state index in [1.54, 1.807) is 24.3 Å². The van der Waals surface area contributed by atoms with Gasteiger partial charge in [0.25, 0.3) is 15.9 Å². The third-order valence-electron chi connectivity index (χ3n) is 8.89. The molecule has 5 heterocycles.